The van der Waals surface area contributed by atoms with Crippen LogP contribution in [0.3, 0.4) is 0 Å². The van der Waals surface area contributed by atoms with Crippen LogP contribution >= 0.6 is 0 Å². The lowest BCUT2D eigenvalue weighted by atomic mass is 9.90. The molecule has 34 heavy (non-hydrogen) atoms. The Morgan fingerprint density at radius 1 is 1.15 bits per heavy atom. The van der Waals surface area contributed by atoms with Crippen molar-refractivity contribution in [3.05, 3.63) is 42.1 Å². The maximum absolute atomic E-state index is 12.7. The number of guanidine groups is 1. The normalized spacial score (nSPS) is 22.9. The number of nitrogens with zero attached hydrogens (tertiary/aromatic N) is 4. The molecule has 0 bridgehead atoms. The summed E-state index contributed by atoms with van der Waals surface area (Å²) in [6.07, 6.45) is -0.00904. The third-order valence-electron chi connectivity index (χ3n) is 7.32. The maximum Gasteiger partial charge on any atom is 0.416 e. The van der Waals surface area contributed by atoms with Gasteiger partial charge in [-0.05, 0) is 55.4 Å². The number of rotatable bonds is 5. The lowest BCUT2D eigenvalue weighted by Gasteiger charge is -2.39. The second-order valence-electron chi connectivity index (χ2n) is 9.61. The topological polar surface area (TPSA) is 92.2 Å². The number of likely N-dealkylation sites (tertiary alicyclic amines) is 1. The number of aliphatic imine (C=N–C) groups is 1. The summed E-state index contributed by atoms with van der Waals surface area (Å²) >= 11 is 0. The number of halogens is 3. The Hall–Kier alpha value is -2.75. The molecule has 4 rings (SSSR count). The highest BCUT2D eigenvalue weighted by atomic mass is 19.4. The molecule has 4 N–H and O–H groups in total. The summed E-state index contributed by atoms with van der Waals surface area (Å²) in [7, 11) is 0. The SMILES string of the molecule is C=C1CN(C(N)=Nc2ccc(C(F)(F)F)cc2)CCN1CCCC(=N)N1CCC2(CC2)[C@H](O)C1. The third-order valence-corrected chi connectivity index (χ3v) is 7.32. The van der Waals surface area contributed by atoms with E-state index in [1.54, 1.807) is 0 Å². The Balaban J connectivity index is 1.21. The molecule has 1 atom stereocenters. The van der Waals surface area contributed by atoms with Crippen LogP contribution in [0.25, 0.3) is 0 Å². The average Bonchev–Trinajstić information content (AvgIpc) is 3.57. The minimum absolute atomic E-state index is 0.145. The summed E-state index contributed by atoms with van der Waals surface area (Å²) in [6, 6.07) is 4.60. The highest BCUT2D eigenvalue weighted by Crippen LogP contribution is 2.53. The van der Waals surface area contributed by atoms with Gasteiger partial charge in [0.15, 0.2) is 5.96 Å². The van der Waals surface area contributed by atoms with E-state index in [2.05, 4.69) is 16.5 Å². The quantitative estimate of drug-likeness (QED) is 0.446. The molecular formula is C24H33F3N6O. The van der Waals surface area contributed by atoms with E-state index in [1.165, 1.54) is 12.1 Å². The van der Waals surface area contributed by atoms with Gasteiger partial charge in [-0.15, -0.1) is 0 Å². The molecule has 3 aliphatic rings. The van der Waals surface area contributed by atoms with Gasteiger partial charge < -0.3 is 25.5 Å². The molecule has 7 nitrogen and oxygen atoms in total. The molecular weight excluding hydrogens is 445 g/mol. The standard InChI is InChI=1S/C24H33F3N6O/c1-17-15-33(22(29)30-19-6-4-18(5-7-19)24(25,26)27)14-13-31(17)11-2-3-21(28)32-12-10-23(8-9-23)20(34)16-32/h4-7,20,28,34H,1-3,8-16H2,(H2,29,30)/t20-/m1/s1. The Morgan fingerprint density at radius 3 is 2.44 bits per heavy atom. The maximum atomic E-state index is 12.7. The van der Waals surface area contributed by atoms with Crippen LogP contribution in [0.1, 0.15) is 37.7 Å². The molecule has 1 spiro atoms. The van der Waals surface area contributed by atoms with Crippen molar-refractivity contribution in [3.63, 3.8) is 0 Å². The van der Waals surface area contributed by atoms with Gasteiger partial charge in [-0.3, -0.25) is 5.41 Å². The Bertz CT molecular complexity index is 941. The lowest BCUT2D eigenvalue weighted by Crippen LogP contribution is -2.50. The van der Waals surface area contributed by atoms with Crippen LogP contribution < -0.4 is 5.73 Å². The van der Waals surface area contributed by atoms with Crippen LogP contribution in [0, 0.1) is 10.8 Å². The third kappa shape index (κ3) is 5.48. The van der Waals surface area contributed by atoms with E-state index in [0.29, 0.717) is 44.1 Å². The highest BCUT2D eigenvalue weighted by molar-refractivity contribution is 5.81. The fourth-order valence-electron chi connectivity index (χ4n) is 4.79. The molecule has 1 saturated carbocycles. The van der Waals surface area contributed by atoms with Crippen LogP contribution in [0.15, 0.2) is 41.5 Å². The van der Waals surface area contributed by atoms with E-state index < -0.39 is 11.7 Å². The van der Waals surface area contributed by atoms with Crippen LogP contribution in [-0.2, 0) is 6.18 Å². The van der Waals surface area contributed by atoms with Gasteiger partial charge in [0.2, 0.25) is 0 Å². The average molecular weight is 479 g/mol. The van der Waals surface area contributed by atoms with Crippen molar-refractivity contribution < 1.29 is 18.3 Å². The molecule has 1 aromatic rings. The minimum atomic E-state index is -4.38. The number of amidine groups is 1. The molecule has 0 amide bonds. The molecule has 0 unspecified atom stereocenters. The summed E-state index contributed by atoms with van der Waals surface area (Å²) in [5, 5.41) is 18.8. The van der Waals surface area contributed by atoms with E-state index in [9.17, 15) is 18.3 Å². The molecule has 2 aliphatic heterocycles. The van der Waals surface area contributed by atoms with Crippen molar-refractivity contribution in [2.45, 2.75) is 44.4 Å². The number of nitrogens with two attached hydrogens (primary N) is 1. The lowest BCUT2D eigenvalue weighted by molar-refractivity contribution is -0.137. The first-order valence-electron chi connectivity index (χ1n) is 11.8. The number of nitrogens with one attached hydrogen (secondary N) is 1. The van der Waals surface area contributed by atoms with Gasteiger partial charge in [0.1, 0.15) is 0 Å². The number of hydrogen-bond donors (Lipinski definition) is 3. The molecule has 3 fully saturated rings. The molecule has 0 radical (unpaired) electrons. The van der Waals surface area contributed by atoms with Crippen LogP contribution in [-0.4, -0.2) is 77.0 Å². The molecule has 0 aromatic heterocycles. The van der Waals surface area contributed by atoms with Crippen molar-refractivity contribution >= 4 is 17.5 Å². The fraction of sp³-hybridized carbons (Fsp3) is 0.583. The predicted octanol–water partition coefficient (Wildman–Crippen LogP) is 3.39. The van der Waals surface area contributed by atoms with Gasteiger partial charge in [0, 0.05) is 44.8 Å². The number of aliphatic hydroxyl groups is 1. The van der Waals surface area contributed by atoms with E-state index in [-0.39, 0.29) is 17.5 Å². The van der Waals surface area contributed by atoms with Gasteiger partial charge in [-0.1, -0.05) is 6.58 Å². The summed E-state index contributed by atoms with van der Waals surface area (Å²) in [6.45, 7) is 8.19. The zero-order chi connectivity index (χ0) is 24.5. The number of piperidine rings is 1. The summed E-state index contributed by atoms with van der Waals surface area (Å²) in [4.78, 5) is 10.3. The monoisotopic (exact) mass is 478 g/mol. The smallest absolute Gasteiger partial charge is 0.391 e. The zero-order valence-electron chi connectivity index (χ0n) is 19.3. The first-order chi connectivity index (χ1) is 16.1. The van der Waals surface area contributed by atoms with E-state index >= 15 is 0 Å². The molecule has 1 aromatic carbocycles. The van der Waals surface area contributed by atoms with Gasteiger partial charge in [-0.25, -0.2) is 4.99 Å². The van der Waals surface area contributed by atoms with Crippen molar-refractivity contribution in [3.8, 4) is 0 Å². The summed E-state index contributed by atoms with van der Waals surface area (Å²) in [5.74, 6) is 0.839. The van der Waals surface area contributed by atoms with Crippen LogP contribution in [0.5, 0.6) is 0 Å². The number of aliphatic hydroxyl groups excluding tert-OH is 1. The molecule has 2 saturated heterocycles. The Labute approximate surface area is 198 Å². The van der Waals surface area contributed by atoms with Crippen molar-refractivity contribution in [1.82, 2.24) is 14.7 Å². The molecule has 186 valence electrons. The van der Waals surface area contributed by atoms with Crippen molar-refractivity contribution in [2.75, 3.05) is 39.3 Å². The Morgan fingerprint density at radius 2 is 1.85 bits per heavy atom. The van der Waals surface area contributed by atoms with E-state index in [4.69, 9.17) is 11.1 Å². The second-order valence-corrected chi connectivity index (χ2v) is 9.61. The van der Waals surface area contributed by atoms with Gasteiger partial charge in [-0.2, -0.15) is 13.2 Å². The first kappa shape index (κ1) is 24.4. The molecule has 2 heterocycles. The zero-order valence-corrected chi connectivity index (χ0v) is 19.3. The number of piperazine rings is 1. The summed E-state index contributed by atoms with van der Waals surface area (Å²) < 4.78 is 38.2. The highest BCUT2D eigenvalue weighted by Gasteiger charge is 2.51. The van der Waals surface area contributed by atoms with Crippen molar-refractivity contribution in [1.29, 1.82) is 5.41 Å². The van der Waals surface area contributed by atoms with Gasteiger partial charge >= 0.3 is 6.18 Å². The van der Waals surface area contributed by atoms with Crippen molar-refractivity contribution in [2.24, 2.45) is 16.1 Å². The number of β-amino-alcohol motifs (C(OH)–C–C–N with tert-alkyl or cyclic N) is 1. The van der Waals surface area contributed by atoms with Crippen LogP contribution in [0.4, 0.5) is 18.9 Å². The number of alkyl halides is 3. The van der Waals surface area contributed by atoms with Gasteiger partial charge in [0.25, 0.3) is 0 Å². The second kappa shape index (κ2) is 9.48. The van der Waals surface area contributed by atoms with Crippen LogP contribution in [0.2, 0.25) is 0 Å². The van der Waals surface area contributed by atoms with E-state index in [1.807, 2.05) is 9.80 Å². The number of hydrogen-bond acceptors (Lipinski definition) is 4. The largest absolute Gasteiger partial charge is 0.416 e. The molecule has 10 heteroatoms. The summed E-state index contributed by atoms with van der Waals surface area (Å²) in [5.41, 5.74) is 6.80. The Kier molecular flexibility index (Phi) is 6.80. The number of benzene rings is 1. The fourth-order valence-corrected chi connectivity index (χ4v) is 4.79. The predicted molar refractivity (Wildman–Crippen MR) is 126 cm³/mol. The minimum Gasteiger partial charge on any atom is -0.391 e. The molecule has 1 aliphatic carbocycles. The first-order valence-corrected chi connectivity index (χ1v) is 11.8. The van der Waals surface area contributed by atoms with Gasteiger partial charge in [0.05, 0.1) is 29.7 Å². The van der Waals surface area contributed by atoms with E-state index in [0.717, 1.165) is 56.6 Å².